The van der Waals surface area contributed by atoms with Gasteiger partial charge in [0.15, 0.2) is 6.04 Å². The summed E-state index contributed by atoms with van der Waals surface area (Å²) in [7, 11) is 0. The molecule has 0 spiro atoms. The van der Waals surface area contributed by atoms with Gasteiger partial charge >= 0.3 is 11.9 Å². The number of hydrogen-bond donors (Lipinski definition) is 7. The summed E-state index contributed by atoms with van der Waals surface area (Å²) in [5, 5.41) is 32.3. The first-order chi connectivity index (χ1) is 16.0. The number of H-pyrrole nitrogens is 1. The molecule has 1 aromatic rings. The van der Waals surface area contributed by atoms with Gasteiger partial charge in [-0.1, -0.05) is 0 Å². The highest BCUT2D eigenvalue weighted by Crippen LogP contribution is 2.19. The number of imidazole rings is 1. The van der Waals surface area contributed by atoms with Crippen molar-refractivity contribution >= 4 is 29.7 Å². The fourth-order valence-corrected chi connectivity index (χ4v) is 3.68. The van der Waals surface area contributed by atoms with Crippen LogP contribution in [-0.2, 0) is 30.4 Å². The van der Waals surface area contributed by atoms with Gasteiger partial charge in [0.2, 0.25) is 17.7 Å². The van der Waals surface area contributed by atoms with Gasteiger partial charge in [-0.15, -0.1) is 0 Å². The second kappa shape index (κ2) is 12.1. The van der Waals surface area contributed by atoms with Crippen molar-refractivity contribution in [2.75, 3.05) is 6.54 Å². The van der Waals surface area contributed by atoms with Crippen LogP contribution in [0.4, 0.5) is 0 Å². The van der Waals surface area contributed by atoms with Crippen molar-refractivity contribution in [2.45, 2.75) is 69.3 Å². The summed E-state index contributed by atoms with van der Waals surface area (Å²) in [5.74, 6) is -4.83. The number of nitrogens with one attached hydrogen (secondary N) is 3. The maximum Gasteiger partial charge on any atom is 0.328 e. The zero-order valence-corrected chi connectivity index (χ0v) is 18.6. The van der Waals surface area contributed by atoms with Gasteiger partial charge in [-0.05, 0) is 26.2 Å². The van der Waals surface area contributed by atoms with E-state index in [9.17, 15) is 29.1 Å². The van der Waals surface area contributed by atoms with Crippen molar-refractivity contribution in [1.82, 2.24) is 25.5 Å². The molecule has 1 fully saturated rings. The largest absolute Gasteiger partial charge is 0.481 e. The highest BCUT2D eigenvalue weighted by Gasteiger charge is 2.38. The van der Waals surface area contributed by atoms with E-state index in [2.05, 4.69) is 20.6 Å². The quantitative estimate of drug-likeness (QED) is 0.166. The van der Waals surface area contributed by atoms with Crippen LogP contribution in [0.15, 0.2) is 12.5 Å². The Morgan fingerprint density at radius 3 is 2.53 bits per heavy atom. The van der Waals surface area contributed by atoms with Crippen molar-refractivity contribution in [2.24, 2.45) is 5.73 Å². The Hall–Kier alpha value is -3.52. The lowest BCUT2D eigenvalue weighted by Crippen LogP contribution is -2.58. The predicted octanol–water partition coefficient (Wildman–Crippen LogP) is -2.43. The summed E-state index contributed by atoms with van der Waals surface area (Å²) in [6.07, 6.45) is 1.77. The highest BCUT2D eigenvalue weighted by atomic mass is 16.4. The van der Waals surface area contributed by atoms with Gasteiger partial charge < -0.3 is 41.6 Å². The number of carbonyl (C=O) groups excluding carboxylic acids is 3. The summed E-state index contributed by atoms with van der Waals surface area (Å²) >= 11 is 0. The Bertz CT molecular complexity index is 890. The molecule has 0 radical (unpaired) electrons. The molecule has 1 aromatic heterocycles. The van der Waals surface area contributed by atoms with E-state index in [0.717, 1.165) is 0 Å². The van der Waals surface area contributed by atoms with E-state index in [1.165, 1.54) is 24.3 Å². The number of carboxylic acid groups (broad SMARTS) is 2. The van der Waals surface area contributed by atoms with Crippen molar-refractivity contribution in [3.05, 3.63) is 18.2 Å². The number of aromatic nitrogens is 2. The van der Waals surface area contributed by atoms with E-state index < -0.39 is 66.4 Å². The first-order valence-corrected chi connectivity index (χ1v) is 10.8. The number of amides is 3. The smallest absolute Gasteiger partial charge is 0.328 e. The van der Waals surface area contributed by atoms with Gasteiger partial charge in [0.05, 0.1) is 18.5 Å². The zero-order valence-electron chi connectivity index (χ0n) is 18.6. The molecule has 5 atom stereocenters. The molecule has 0 aromatic carbocycles. The third-order valence-corrected chi connectivity index (χ3v) is 5.48. The highest BCUT2D eigenvalue weighted by molar-refractivity contribution is 5.94. The molecular formula is C20H30N6O8. The second-order valence-corrected chi connectivity index (χ2v) is 8.14. The molecule has 34 heavy (non-hydrogen) atoms. The molecule has 8 N–H and O–H groups in total. The number of aliphatic hydroxyl groups excluding tert-OH is 1. The van der Waals surface area contributed by atoms with Gasteiger partial charge in [-0.3, -0.25) is 19.2 Å². The molecule has 2 rings (SSSR count). The third-order valence-electron chi connectivity index (χ3n) is 5.48. The summed E-state index contributed by atoms with van der Waals surface area (Å²) in [6, 6.07) is -4.89. The van der Waals surface area contributed by atoms with Crippen LogP contribution in [0.1, 0.15) is 38.3 Å². The van der Waals surface area contributed by atoms with E-state index in [1.807, 2.05) is 0 Å². The summed E-state index contributed by atoms with van der Waals surface area (Å²) in [5.41, 5.74) is 6.66. The maximum atomic E-state index is 13.0. The number of aliphatic hydroxyl groups is 1. The van der Waals surface area contributed by atoms with Crippen LogP contribution in [0.5, 0.6) is 0 Å². The number of nitrogens with two attached hydrogens (primary N) is 1. The van der Waals surface area contributed by atoms with Gasteiger partial charge in [0.25, 0.3) is 0 Å². The number of hydrogen-bond acceptors (Lipinski definition) is 8. The standard InChI is InChI=1S/C20H30N6O8/c1-10(27)16(20(33)34)25-17(30)13(4-5-15(28)29)24-18(31)14-3-2-6-26(14)19(32)12(21)7-11-8-22-9-23-11/h8-10,12-14,16,27H,2-7,21H2,1H3,(H,22,23)(H,24,31)(H,25,30)(H,28,29)(H,33,34). The first-order valence-electron chi connectivity index (χ1n) is 10.8. The second-order valence-electron chi connectivity index (χ2n) is 8.14. The Balaban J connectivity index is 2.09. The number of rotatable bonds is 12. The van der Waals surface area contributed by atoms with E-state index in [-0.39, 0.29) is 19.4 Å². The average molecular weight is 482 g/mol. The number of carboxylic acids is 2. The molecule has 1 aliphatic rings. The molecule has 0 bridgehead atoms. The topological polar surface area (TPSA) is 228 Å². The minimum absolute atomic E-state index is 0.184. The average Bonchev–Trinajstić information content (AvgIpc) is 3.45. The van der Waals surface area contributed by atoms with Crippen LogP contribution in [0.2, 0.25) is 0 Å². The van der Waals surface area contributed by atoms with Crippen LogP contribution >= 0.6 is 0 Å². The zero-order chi connectivity index (χ0) is 25.4. The monoisotopic (exact) mass is 482 g/mol. The number of likely N-dealkylation sites (tertiary alicyclic amines) is 1. The normalized spacial score (nSPS) is 19.0. The van der Waals surface area contributed by atoms with Gasteiger partial charge in [-0.2, -0.15) is 0 Å². The van der Waals surface area contributed by atoms with E-state index in [4.69, 9.17) is 15.9 Å². The molecule has 1 saturated heterocycles. The fourth-order valence-electron chi connectivity index (χ4n) is 3.68. The van der Waals surface area contributed by atoms with Crippen LogP contribution in [0.3, 0.4) is 0 Å². The third kappa shape index (κ3) is 7.25. The lowest BCUT2D eigenvalue weighted by Gasteiger charge is -2.28. The summed E-state index contributed by atoms with van der Waals surface area (Å²) in [6.45, 7) is 1.45. The SMILES string of the molecule is CC(O)C(NC(=O)C(CCC(=O)O)NC(=O)C1CCCN1C(=O)C(N)Cc1cnc[nH]1)C(=O)O. The van der Waals surface area contributed by atoms with Crippen LogP contribution < -0.4 is 16.4 Å². The molecule has 0 saturated carbocycles. The number of nitrogens with zero attached hydrogens (tertiary/aromatic N) is 2. The van der Waals surface area contributed by atoms with Gasteiger partial charge in [0.1, 0.15) is 12.1 Å². The minimum atomic E-state index is -1.65. The Labute approximate surface area is 194 Å². The van der Waals surface area contributed by atoms with Crippen molar-refractivity contribution < 1.29 is 39.3 Å². The minimum Gasteiger partial charge on any atom is -0.481 e. The van der Waals surface area contributed by atoms with Gasteiger partial charge in [0, 0.05) is 31.3 Å². The first kappa shape index (κ1) is 26.7. The van der Waals surface area contributed by atoms with Crippen LogP contribution in [0.25, 0.3) is 0 Å². The molecule has 188 valence electrons. The van der Waals surface area contributed by atoms with E-state index in [0.29, 0.717) is 18.5 Å². The molecule has 3 amide bonds. The molecule has 14 heteroatoms. The lowest BCUT2D eigenvalue weighted by molar-refractivity contribution is -0.146. The summed E-state index contributed by atoms with van der Waals surface area (Å²) in [4.78, 5) is 68.7. The molecule has 0 aliphatic carbocycles. The fraction of sp³-hybridized carbons (Fsp3) is 0.600. The number of aromatic amines is 1. The molecule has 2 heterocycles. The van der Waals surface area contributed by atoms with Crippen LogP contribution in [-0.4, -0.2) is 96.7 Å². The van der Waals surface area contributed by atoms with Crippen molar-refractivity contribution in [3.63, 3.8) is 0 Å². The maximum absolute atomic E-state index is 13.0. The van der Waals surface area contributed by atoms with Crippen molar-refractivity contribution in [3.8, 4) is 0 Å². The molecule has 14 nitrogen and oxygen atoms in total. The number of carbonyl (C=O) groups is 5. The Morgan fingerprint density at radius 2 is 1.97 bits per heavy atom. The van der Waals surface area contributed by atoms with Crippen LogP contribution in [0, 0.1) is 0 Å². The van der Waals surface area contributed by atoms with Gasteiger partial charge in [-0.25, -0.2) is 9.78 Å². The number of aliphatic carboxylic acids is 2. The predicted molar refractivity (Wildman–Crippen MR) is 115 cm³/mol. The lowest BCUT2D eigenvalue weighted by atomic mass is 10.1. The molecule has 1 aliphatic heterocycles. The van der Waals surface area contributed by atoms with Crippen molar-refractivity contribution in [1.29, 1.82) is 0 Å². The van der Waals surface area contributed by atoms with E-state index in [1.54, 1.807) is 0 Å². The summed E-state index contributed by atoms with van der Waals surface area (Å²) < 4.78 is 0. The Morgan fingerprint density at radius 1 is 1.26 bits per heavy atom. The molecular weight excluding hydrogens is 452 g/mol. The molecule has 5 unspecified atom stereocenters. The Kier molecular flexibility index (Phi) is 9.50. The van der Waals surface area contributed by atoms with E-state index >= 15 is 0 Å².